The van der Waals surface area contributed by atoms with Crippen LogP contribution in [0.25, 0.3) is 0 Å². The van der Waals surface area contributed by atoms with Crippen molar-refractivity contribution in [1.29, 1.82) is 0 Å². The molecule has 3 rings (SSSR count). The monoisotopic (exact) mass is 384 g/mol. The molecule has 1 aromatic heterocycles. The van der Waals surface area contributed by atoms with Gasteiger partial charge in [0.1, 0.15) is 0 Å². The molecule has 3 aromatic rings. The van der Waals surface area contributed by atoms with Crippen molar-refractivity contribution in [3.63, 3.8) is 0 Å². The van der Waals surface area contributed by atoms with Crippen LogP contribution >= 0.6 is 23.1 Å². The largest absolute Gasteiger partial charge is 0.330 e. The van der Waals surface area contributed by atoms with Crippen molar-refractivity contribution in [2.24, 2.45) is 0 Å². The van der Waals surface area contributed by atoms with Crippen LogP contribution in [0.5, 0.6) is 0 Å². The van der Waals surface area contributed by atoms with Gasteiger partial charge in [0.05, 0.1) is 5.25 Å². The summed E-state index contributed by atoms with van der Waals surface area (Å²) in [5.41, 5.74) is 3.95. The summed E-state index contributed by atoms with van der Waals surface area (Å²) < 4.78 is 0.757. The lowest BCUT2D eigenvalue weighted by molar-refractivity contribution is -0.115. The summed E-state index contributed by atoms with van der Waals surface area (Å²) in [6.45, 7) is 5.86. The Bertz CT molecular complexity index is 875. The van der Waals surface area contributed by atoms with Crippen LogP contribution in [0.4, 0.5) is 16.5 Å². The Labute approximate surface area is 161 Å². The van der Waals surface area contributed by atoms with Gasteiger partial charge in [-0.2, -0.15) is 0 Å². The molecule has 7 heteroatoms. The highest BCUT2D eigenvalue weighted by atomic mass is 32.2. The molecule has 0 spiro atoms. The molecule has 0 saturated carbocycles. The number of aromatic nitrogens is 2. The van der Waals surface area contributed by atoms with Gasteiger partial charge in [-0.3, -0.25) is 4.79 Å². The number of carbonyl (C=O) groups excluding carboxylic acids is 1. The second-order valence-electron chi connectivity index (χ2n) is 5.88. The van der Waals surface area contributed by atoms with Crippen molar-refractivity contribution in [1.82, 2.24) is 10.2 Å². The lowest BCUT2D eigenvalue weighted by Crippen LogP contribution is -2.23. The Balaban J connectivity index is 1.61. The predicted molar refractivity (Wildman–Crippen MR) is 109 cm³/mol. The molecule has 0 radical (unpaired) electrons. The summed E-state index contributed by atoms with van der Waals surface area (Å²) in [7, 11) is 0. The zero-order chi connectivity index (χ0) is 18.5. The van der Waals surface area contributed by atoms with Crippen molar-refractivity contribution >= 4 is 45.5 Å². The average Bonchev–Trinajstić information content (AvgIpc) is 3.05. The third-order valence-electron chi connectivity index (χ3n) is 3.81. The maximum atomic E-state index is 12.5. The minimum Gasteiger partial charge on any atom is -0.330 e. The minimum absolute atomic E-state index is 0.0415. The summed E-state index contributed by atoms with van der Waals surface area (Å²) in [6.07, 6.45) is 0. The number of benzene rings is 2. The number of aryl methyl sites for hydroxylation is 2. The molecule has 26 heavy (non-hydrogen) atoms. The zero-order valence-corrected chi connectivity index (χ0v) is 16.4. The summed E-state index contributed by atoms with van der Waals surface area (Å²) in [5, 5.41) is 15.0. The minimum atomic E-state index is -0.272. The summed E-state index contributed by atoms with van der Waals surface area (Å²) in [4.78, 5) is 12.5. The van der Waals surface area contributed by atoms with Crippen LogP contribution in [0.3, 0.4) is 0 Å². The summed E-state index contributed by atoms with van der Waals surface area (Å²) >= 11 is 2.84. The van der Waals surface area contributed by atoms with E-state index in [-0.39, 0.29) is 11.2 Å². The van der Waals surface area contributed by atoms with Crippen molar-refractivity contribution < 1.29 is 4.79 Å². The molecule has 0 aliphatic rings. The Kier molecular flexibility index (Phi) is 5.90. The molecule has 5 nitrogen and oxygen atoms in total. The highest BCUT2D eigenvalue weighted by molar-refractivity contribution is 8.02. The van der Waals surface area contributed by atoms with Crippen LogP contribution in [0.15, 0.2) is 52.9 Å². The third-order valence-corrected chi connectivity index (χ3v) is 5.83. The van der Waals surface area contributed by atoms with E-state index in [1.165, 1.54) is 23.1 Å². The van der Waals surface area contributed by atoms with Crippen LogP contribution in [0.1, 0.15) is 18.1 Å². The van der Waals surface area contributed by atoms with E-state index >= 15 is 0 Å². The number of amides is 1. The standard InChI is InChI=1S/C19H20N4OS2/c1-12-8-7-9-13(2)16(12)21-17(24)14(3)25-19-23-22-18(26-19)20-15-10-5-4-6-11-15/h4-11,14H,1-3H3,(H,20,22)(H,21,24)/t14-/m0/s1. The highest BCUT2D eigenvalue weighted by Crippen LogP contribution is 2.31. The predicted octanol–water partition coefficient (Wildman–Crippen LogP) is 5.02. The molecular formula is C19H20N4OS2. The van der Waals surface area contributed by atoms with Gasteiger partial charge in [-0.15, -0.1) is 10.2 Å². The molecule has 2 N–H and O–H groups in total. The summed E-state index contributed by atoms with van der Waals surface area (Å²) in [6, 6.07) is 15.8. The molecule has 0 aliphatic heterocycles. The van der Waals surface area contributed by atoms with Crippen LogP contribution in [-0.4, -0.2) is 21.4 Å². The number of nitrogens with one attached hydrogen (secondary N) is 2. The molecule has 0 unspecified atom stereocenters. The topological polar surface area (TPSA) is 66.9 Å². The SMILES string of the molecule is Cc1cccc(C)c1NC(=O)[C@H](C)Sc1nnc(Nc2ccccc2)s1. The molecule has 1 amide bonds. The smallest absolute Gasteiger partial charge is 0.237 e. The van der Waals surface area contributed by atoms with E-state index in [9.17, 15) is 4.79 Å². The van der Waals surface area contributed by atoms with Gasteiger partial charge in [-0.1, -0.05) is 59.5 Å². The van der Waals surface area contributed by atoms with Gasteiger partial charge in [-0.05, 0) is 44.0 Å². The van der Waals surface area contributed by atoms with Crippen molar-refractivity contribution in [3.8, 4) is 0 Å². The van der Waals surface area contributed by atoms with Crippen LogP contribution in [0, 0.1) is 13.8 Å². The van der Waals surface area contributed by atoms with E-state index in [1.54, 1.807) is 0 Å². The van der Waals surface area contributed by atoms with E-state index in [0.29, 0.717) is 5.13 Å². The third kappa shape index (κ3) is 4.62. The number of carbonyl (C=O) groups is 1. The van der Waals surface area contributed by atoms with E-state index in [1.807, 2.05) is 69.3 Å². The number of nitrogens with zero attached hydrogens (tertiary/aromatic N) is 2. The fraction of sp³-hybridized carbons (Fsp3) is 0.211. The van der Waals surface area contributed by atoms with Crippen molar-refractivity contribution in [2.45, 2.75) is 30.4 Å². The van der Waals surface area contributed by atoms with E-state index in [2.05, 4.69) is 20.8 Å². The number of rotatable bonds is 6. The fourth-order valence-corrected chi connectivity index (χ4v) is 4.31. The van der Waals surface area contributed by atoms with Gasteiger partial charge < -0.3 is 10.6 Å². The Morgan fingerprint density at radius 3 is 2.42 bits per heavy atom. The van der Waals surface area contributed by atoms with Gasteiger partial charge >= 0.3 is 0 Å². The first kappa shape index (κ1) is 18.4. The average molecular weight is 385 g/mol. The quantitative estimate of drug-likeness (QED) is 0.584. The van der Waals surface area contributed by atoms with Gasteiger partial charge in [0.15, 0.2) is 4.34 Å². The molecule has 1 atom stereocenters. The second kappa shape index (κ2) is 8.33. The summed E-state index contributed by atoms with van der Waals surface area (Å²) in [5.74, 6) is -0.0415. The molecule has 1 heterocycles. The molecule has 0 bridgehead atoms. The van der Waals surface area contributed by atoms with E-state index in [4.69, 9.17) is 0 Å². The van der Waals surface area contributed by atoms with Crippen LogP contribution < -0.4 is 10.6 Å². The molecule has 2 aromatic carbocycles. The first-order valence-corrected chi connectivity index (χ1v) is 9.92. The maximum Gasteiger partial charge on any atom is 0.237 e. The van der Waals surface area contributed by atoms with Gasteiger partial charge in [-0.25, -0.2) is 0 Å². The first-order valence-electron chi connectivity index (χ1n) is 8.22. The highest BCUT2D eigenvalue weighted by Gasteiger charge is 2.18. The normalized spacial score (nSPS) is 11.8. The molecular weight excluding hydrogens is 364 g/mol. The Morgan fingerprint density at radius 2 is 1.73 bits per heavy atom. The fourth-order valence-electron chi connectivity index (χ4n) is 2.39. The van der Waals surface area contributed by atoms with E-state index < -0.39 is 0 Å². The Morgan fingerprint density at radius 1 is 1.04 bits per heavy atom. The van der Waals surface area contributed by atoms with Crippen molar-refractivity contribution in [3.05, 3.63) is 59.7 Å². The number of hydrogen-bond donors (Lipinski definition) is 2. The number of anilines is 3. The molecule has 0 aliphatic carbocycles. The van der Waals surface area contributed by atoms with Gasteiger partial charge in [0, 0.05) is 11.4 Å². The van der Waals surface area contributed by atoms with Crippen LogP contribution in [0.2, 0.25) is 0 Å². The van der Waals surface area contributed by atoms with Crippen molar-refractivity contribution in [2.75, 3.05) is 10.6 Å². The number of thioether (sulfide) groups is 1. The molecule has 0 saturated heterocycles. The lowest BCUT2D eigenvalue weighted by atomic mass is 10.1. The number of para-hydroxylation sites is 2. The lowest BCUT2D eigenvalue weighted by Gasteiger charge is -2.14. The zero-order valence-electron chi connectivity index (χ0n) is 14.8. The second-order valence-corrected chi connectivity index (χ2v) is 8.45. The maximum absolute atomic E-state index is 12.5. The number of hydrogen-bond acceptors (Lipinski definition) is 6. The van der Waals surface area contributed by atoms with E-state index in [0.717, 1.165) is 26.8 Å². The Hall–Kier alpha value is -2.38. The van der Waals surface area contributed by atoms with Crippen LogP contribution in [-0.2, 0) is 4.79 Å². The van der Waals surface area contributed by atoms with Gasteiger partial charge in [0.2, 0.25) is 11.0 Å². The molecule has 0 fully saturated rings. The molecule has 134 valence electrons. The first-order chi connectivity index (χ1) is 12.5. The van der Waals surface area contributed by atoms with Gasteiger partial charge in [0.25, 0.3) is 0 Å².